The Balaban J connectivity index is 1.91. The Kier molecular flexibility index (Phi) is 4.52. The van der Waals surface area contributed by atoms with E-state index in [0.29, 0.717) is 0 Å². The molecule has 3 N–H and O–H groups in total. The largest absolute Gasteiger partial charge is 0.340 e. The van der Waals surface area contributed by atoms with Crippen LogP contribution < -0.4 is 14.6 Å². The second-order valence-electron chi connectivity index (χ2n) is 7.56. The topological polar surface area (TPSA) is 60.1 Å². The smallest absolute Gasteiger partial charge is 0.250 e. The number of para-hydroxylation sites is 2. The lowest BCUT2D eigenvalue weighted by molar-refractivity contribution is -0.858. The average molecular weight is 349 g/mol. The van der Waals surface area contributed by atoms with E-state index in [1.54, 1.807) is 0 Å². The van der Waals surface area contributed by atoms with Crippen LogP contribution >= 0.6 is 0 Å². The molecule has 1 aliphatic rings. The van der Waals surface area contributed by atoms with Crippen LogP contribution in [-0.2, 0) is 12.8 Å². The number of quaternary nitrogens is 1. The number of hydrogen-bond acceptors (Lipinski definition) is 2. The average Bonchev–Trinajstić information content (AvgIpc) is 3.03. The standard InChI is InChI=1S/C21H25N5/c1-25(2)13-7-12-23-20-16-9-4-3-8-15(16)17(14-22)21-24-18-10-5-6-11-19(18)26(20)21/h5-6,10-11H,3-4,7-9,12-13H2,1-2H3,(H,23,24)/p+2. The Hall–Kier alpha value is -2.58. The number of imidazole rings is 1. The van der Waals surface area contributed by atoms with Gasteiger partial charge < -0.3 is 10.2 Å². The molecule has 0 unspecified atom stereocenters. The van der Waals surface area contributed by atoms with E-state index in [4.69, 9.17) is 0 Å². The summed E-state index contributed by atoms with van der Waals surface area (Å²) in [4.78, 5) is 4.96. The van der Waals surface area contributed by atoms with Crippen molar-refractivity contribution in [1.29, 1.82) is 5.26 Å². The second-order valence-corrected chi connectivity index (χ2v) is 7.56. The number of nitrogens with zero attached hydrogens (tertiary/aromatic N) is 2. The summed E-state index contributed by atoms with van der Waals surface area (Å²) in [5.41, 5.74) is 6.54. The Morgan fingerprint density at radius 2 is 1.96 bits per heavy atom. The zero-order valence-electron chi connectivity index (χ0n) is 15.7. The van der Waals surface area contributed by atoms with E-state index < -0.39 is 0 Å². The highest BCUT2D eigenvalue weighted by molar-refractivity contribution is 5.78. The zero-order valence-corrected chi connectivity index (χ0v) is 15.7. The normalized spacial score (nSPS) is 13.9. The van der Waals surface area contributed by atoms with Gasteiger partial charge in [-0.25, -0.2) is 0 Å². The van der Waals surface area contributed by atoms with Crippen molar-refractivity contribution in [2.24, 2.45) is 0 Å². The van der Waals surface area contributed by atoms with Crippen molar-refractivity contribution in [2.75, 3.05) is 32.5 Å². The van der Waals surface area contributed by atoms with Crippen LogP contribution in [0.4, 0.5) is 5.82 Å². The summed E-state index contributed by atoms with van der Waals surface area (Å²) in [6.07, 6.45) is 5.54. The molecule has 0 aliphatic heterocycles. The van der Waals surface area contributed by atoms with Crippen LogP contribution in [0.3, 0.4) is 0 Å². The third-order valence-electron chi connectivity index (χ3n) is 5.40. The first kappa shape index (κ1) is 16.9. The molecule has 0 amide bonds. The van der Waals surface area contributed by atoms with Crippen molar-refractivity contribution in [1.82, 2.24) is 4.98 Å². The molecule has 134 valence electrons. The first-order chi connectivity index (χ1) is 12.7. The third kappa shape index (κ3) is 2.81. The summed E-state index contributed by atoms with van der Waals surface area (Å²) in [5, 5.41) is 13.6. The molecule has 1 aliphatic carbocycles. The van der Waals surface area contributed by atoms with Gasteiger partial charge in [0.25, 0.3) is 0 Å². The minimum atomic E-state index is 0.819. The molecule has 2 heterocycles. The number of aromatic nitrogens is 2. The lowest BCUT2D eigenvalue weighted by atomic mass is 9.89. The van der Waals surface area contributed by atoms with Crippen molar-refractivity contribution in [3.63, 3.8) is 0 Å². The fourth-order valence-electron chi connectivity index (χ4n) is 4.16. The second kappa shape index (κ2) is 6.97. The SMILES string of the molecule is C[NH+](C)CCCNc1c2c(c(C#N)c3[nH]c4ccccc4[n+]13)CCCC2. The minimum Gasteiger partial charge on any atom is -0.340 e. The number of hydrogen-bond donors (Lipinski definition) is 3. The van der Waals surface area contributed by atoms with Crippen molar-refractivity contribution in [3.05, 3.63) is 41.0 Å². The summed E-state index contributed by atoms with van der Waals surface area (Å²) in [7, 11) is 4.38. The van der Waals surface area contributed by atoms with Crippen LogP contribution in [-0.4, -0.2) is 32.2 Å². The number of H-pyrrole nitrogens is 1. The van der Waals surface area contributed by atoms with Crippen LogP contribution in [0.1, 0.15) is 36.0 Å². The molecule has 0 saturated heterocycles. The molecule has 0 fully saturated rings. The van der Waals surface area contributed by atoms with E-state index in [1.807, 2.05) is 6.07 Å². The van der Waals surface area contributed by atoms with Gasteiger partial charge in [0.2, 0.25) is 11.5 Å². The molecule has 26 heavy (non-hydrogen) atoms. The molecule has 0 saturated carbocycles. The summed E-state index contributed by atoms with van der Waals surface area (Å²) >= 11 is 0. The van der Waals surface area contributed by atoms with Crippen LogP contribution in [0.15, 0.2) is 24.3 Å². The highest BCUT2D eigenvalue weighted by Gasteiger charge is 2.28. The Morgan fingerprint density at radius 3 is 2.73 bits per heavy atom. The number of anilines is 1. The van der Waals surface area contributed by atoms with Gasteiger partial charge in [0.15, 0.2) is 0 Å². The molecule has 2 aromatic heterocycles. The van der Waals surface area contributed by atoms with Crippen LogP contribution in [0, 0.1) is 11.3 Å². The Bertz CT molecular complexity index is 993. The molecule has 4 rings (SSSR count). The monoisotopic (exact) mass is 349 g/mol. The van der Waals surface area contributed by atoms with Gasteiger partial charge in [0.1, 0.15) is 22.7 Å². The van der Waals surface area contributed by atoms with Gasteiger partial charge in [0.05, 0.1) is 27.2 Å². The molecule has 3 aromatic rings. The van der Waals surface area contributed by atoms with E-state index >= 15 is 0 Å². The Morgan fingerprint density at radius 1 is 1.19 bits per heavy atom. The van der Waals surface area contributed by atoms with Crippen molar-refractivity contribution in [2.45, 2.75) is 32.1 Å². The Labute approximate surface area is 154 Å². The first-order valence-electron chi connectivity index (χ1n) is 9.64. The maximum Gasteiger partial charge on any atom is 0.250 e. The molecular weight excluding hydrogens is 322 g/mol. The number of benzene rings is 1. The van der Waals surface area contributed by atoms with Gasteiger partial charge in [-0.3, -0.25) is 4.98 Å². The third-order valence-corrected chi connectivity index (χ3v) is 5.40. The van der Waals surface area contributed by atoms with Gasteiger partial charge >= 0.3 is 0 Å². The number of rotatable bonds is 5. The van der Waals surface area contributed by atoms with Crippen LogP contribution in [0.2, 0.25) is 0 Å². The number of fused-ring (bicyclic) bond motifs is 4. The van der Waals surface area contributed by atoms with Gasteiger partial charge in [-0.1, -0.05) is 12.1 Å². The maximum atomic E-state index is 9.88. The highest BCUT2D eigenvalue weighted by atomic mass is 15.1. The molecule has 0 radical (unpaired) electrons. The predicted octanol–water partition coefficient (Wildman–Crippen LogP) is 1.60. The fourth-order valence-corrected chi connectivity index (χ4v) is 4.16. The molecule has 0 spiro atoms. The van der Waals surface area contributed by atoms with E-state index in [9.17, 15) is 5.26 Å². The van der Waals surface area contributed by atoms with E-state index in [2.05, 4.69) is 53.1 Å². The molecule has 5 heteroatoms. The van der Waals surface area contributed by atoms with E-state index in [0.717, 1.165) is 54.6 Å². The van der Waals surface area contributed by atoms with Gasteiger partial charge in [0, 0.05) is 12.0 Å². The summed E-state index contributed by atoms with van der Waals surface area (Å²) < 4.78 is 2.24. The highest BCUT2D eigenvalue weighted by Crippen LogP contribution is 2.31. The lowest BCUT2D eigenvalue weighted by Gasteiger charge is -2.19. The summed E-state index contributed by atoms with van der Waals surface area (Å²) in [5.74, 6) is 1.18. The minimum absolute atomic E-state index is 0.819. The number of nitrogens with one attached hydrogen (secondary N) is 3. The lowest BCUT2D eigenvalue weighted by Crippen LogP contribution is -3.05. The van der Waals surface area contributed by atoms with Gasteiger partial charge in [-0.2, -0.15) is 9.66 Å². The predicted molar refractivity (Wildman–Crippen MR) is 104 cm³/mol. The number of pyridine rings is 1. The van der Waals surface area contributed by atoms with E-state index in [1.165, 1.54) is 34.7 Å². The van der Waals surface area contributed by atoms with Crippen LogP contribution in [0.5, 0.6) is 0 Å². The van der Waals surface area contributed by atoms with Gasteiger partial charge in [-0.15, -0.1) is 0 Å². The van der Waals surface area contributed by atoms with Crippen LogP contribution in [0.25, 0.3) is 16.7 Å². The van der Waals surface area contributed by atoms with Crippen molar-refractivity contribution >= 4 is 22.5 Å². The number of aromatic amines is 1. The molecule has 5 nitrogen and oxygen atoms in total. The molecule has 0 atom stereocenters. The number of nitriles is 1. The van der Waals surface area contributed by atoms with Crippen molar-refractivity contribution < 1.29 is 9.30 Å². The maximum absolute atomic E-state index is 9.88. The molecular formula is C21H27N5+2. The quantitative estimate of drug-likeness (QED) is 0.484. The first-order valence-corrected chi connectivity index (χ1v) is 9.64. The fraction of sp³-hybridized carbons (Fsp3) is 0.429. The van der Waals surface area contributed by atoms with Gasteiger partial charge in [-0.05, 0) is 43.4 Å². The molecule has 1 aromatic carbocycles. The summed E-state index contributed by atoms with van der Waals surface area (Å²) in [6.45, 7) is 2.10. The zero-order chi connectivity index (χ0) is 18.1. The van der Waals surface area contributed by atoms with E-state index in [-0.39, 0.29) is 0 Å². The van der Waals surface area contributed by atoms with Crippen molar-refractivity contribution in [3.8, 4) is 6.07 Å². The summed E-state index contributed by atoms with van der Waals surface area (Å²) in [6, 6.07) is 10.8. The molecule has 0 bridgehead atoms.